The number of rotatable bonds is 9. The van der Waals surface area contributed by atoms with E-state index >= 15 is 0 Å². The second-order valence-electron chi connectivity index (χ2n) is 6.88. The molecule has 1 aliphatic carbocycles. The fraction of sp³-hybridized carbons (Fsp3) is 0.500. The zero-order valence-electron chi connectivity index (χ0n) is 14.6. The molecule has 4 heteroatoms. The molecule has 0 aliphatic heterocycles. The molecular formula is C20H27NO3. The van der Waals surface area contributed by atoms with Gasteiger partial charge in [-0.05, 0) is 56.4 Å². The fourth-order valence-corrected chi connectivity index (χ4v) is 2.91. The number of benzene rings is 1. The first kappa shape index (κ1) is 17.1. The van der Waals surface area contributed by atoms with Gasteiger partial charge in [0.25, 0.3) is 0 Å². The summed E-state index contributed by atoms with van der Waals surface area (Å²) in [6.45, 7) is 6.64. The maximum atomic E-state index is 10.4. The van der Waals surface area contributed by atoms with E-state index in [4.69, 9.17) is 9.15 Å². The average Bonchev–Trinajstić information content (AvgIpc) is 3.27. The Morgan fingerprint density at radius 3 is 2.67 bits per heavy atom. The SMILES string of the molecule is Cc1ccc(CN(CC(O)COc2ccccc2C)CC2CC2)o1. The number of ether oxygens (including phenoxy) is 1. The van der Waals surface area contributed by atoms with Crippen LogP contribution in [0.15, 0.2) is 40.8 Å². The van der Waals surface area contributed by atoms with Crippen LogP contribution in [0, 0.1) is 19.8 Å². The van der Waals surface area contributed by atoms with E-state index in [1.165, 1.54) is 12.8 Å². The Kier molecular flexibility index (Phi) is 5.59. The molecule has 0 radical (unpaired) electrons. The zero-order valence-corrected chi connectivity index (χ0v) is 14.6. The summed E-state index contributed by atoms with van der Waals surface area (Å²) < 4.78 is 11.5. The summed E-state index contributed by atoms with van der Waals surface area (Å²) in [4.78, 5) is 2.28. The Morgan fingerprint density at radius 2 is 2.00 bits per heavy atom. The second-order valence-corrected chi connectivity index (χ2v) is 6.88. The lowest BCUT2D eigenvalue weighted by molar-refractivity contribution is 0.0613. The number of hydrogen-bond acceptors (Lipinski definition) is 4. The largest absolute Gasteiger partial charge is 0.491 e. The van der Waals surface area contributed by atoms with Gasteiger partial charge >= 0.3 is 0 Å². The van der Waals surface area contributed by atoms with Crippen molar-refractivity contribution in [2.45, 2.75) is 39.3 Å². The van der Waals surface area contributed by atoms with Crippen LogP contribution >= 0.6 is 0 Å². The summed E-state index contributed by atoms with van der Waals surface area (Å²) in [5.41, 5.74) is 1.09. The smallest absolute Gasteiger partial charge is 0.122 e. The van der Waals surface area contributed by atoms with Crippen LogP contribution in [0.2, 0.25) is 0 Å². The molecule has 24 heavy (non-hydrogen) atoms. The Bertz CT molecular complexity index is 648. The summed E-state index contributed by atoms with van der Waals surface area (Å²) in [5.74, 6) is 3.50. The van der Waals surface area contributed by atoms with Crippen molar-refractivity contribution in [2.24, 2.45) is 5.92 Å². The molecule has 1 saturated carbocycles. The average molecular weight is 329 g/mol. The number of aryl methyl sites for hydroxylation is 2. The summed E-state index contributed by atoms with van der Waals surface area (Å²) in [6.07, 6.45) is 2.08. The molecule has 3 rings (SSSR count). The number of aliphatic hydroxyl groups is 1. The lowest BCUT2D eigenvalue weighted by Crippen LogP contribution is -2.36. The quantitative estimate of drug-likeness (QED) is 0.764. The van der Waals surface area contributed by atoms with Gasteiger partial charge in [0, 0.05) is 13.1 Å². The molecule has 1 fully saturated rings. The van der Waals surface area contributed by atoms with Crippen LogP contribution in [-0.2, 0) is 6.54 Å². The maximum absolute atomic E-state index is 10.4. The highest BCUT2D eigenvalue weighted by Crippen LogP contribution is 2.30. The van der Waals surface area contributed by atoms with Crippen LogP contribution in [0.4, 0.5) is 0 Å². The molecule has 4 nitrogen and oxygen atoms in total. The van der Waals surface area contributed by atoms with Gasteiger partial charge in [-0.25, -0.2) is 0 Å². The molecule has 1 unspecified atom stereocenters. The Morgan fingerprint density at radius 1 is 1.21 bits per heavy atom. The molecule has 0 bridgehead atoms. The third-order valence-corrected chi connectivity index (χ3v) is 4.38. The van der Waals surface area contributed by atoms with Gasteiger partial charge in [0.2, 0.25) is 0 Å². The summed E-state index contributed by atoms with van der Waals surface area (Å²) in [5, 5.41) is 10.4. The van der Waals surface area contributed by atoms with Crippen molar-refractivity contribution in [1.82, 2.24) is 4.90 Å². The first-order valence-electron chi connectivity index (χ1n) is 8.74. The standard InChI is InChI=1S/C20H27NO3/c1-15-5-3-4-6-20(15)23-14-18(22)12-21(11-17-8-9-17)13-19-10-7-16(2)24-19/h3-7,10,17-18,22H,8-9,11-14H2,1-2H3. The minimum absolute atomic E-state index is 0.309. The number of hydrogen-bond donors (Lipinski definition) is 1. The van der Waals surface area contributed by atoms with E-state index in [0.717, 1.165) is 41.8 Å². The molecule has 0 amide bonds. The van der Waals surface area contributed by atoms with Gasteiger partial charge < -0.3 is 14.3 Å². The maximum Gasteiger partial charge on any atom is 0.122 e. The van der Waals surface area contributed by atoms with E-state index in [-0.39, 0.29) is 0 Å². The van der Waals surface area contributed by atoms with E-state index in [2.05, 4.69) is 4.90 Å². The number of nitrogens with zero attached hydrogens (tertiary/aromatic N) is 1. The summed E-state index contributed by atoms with van der Waals surface area (Å²) >= 11 is 0. The lowest BCUT2D eigenvalue weighted by Gasteiger charge is -2.24. The predicted molar refractivity (Wildman–Crippen MR) is 94.1 cm³/mol. The van der Waals surface area contributed by atoms with Crippen molar-refractivity contribution in [2.75, 3.05) is 19.7 Å². The molecular weight excluding hydrogens is 302 g/mol. The second kappa shape index (κ2) is 7.86. The third-order valence-electron chi connectivity index (χ3n) is 4.38. The number of para-hydroxylation sites is 1. The van der Waals surface area contributed by atoms with Crippen molar-refractivity contribution < 1.29 is 14.3 Å². The molecule has 1 aliphatic rings. The van der Waals surface area contributed by atoms with Crippen molar-refractivity contribution in [1.29, 1.82) is 0 Å². The Balaban J connectivity index is 1.52. The molecule has 1 atom stereocenters. The first-order chi connectivity index (χ1) is 11.6. The monoisotopic (exact) mass is 329 g/mol. The van der Waals surface area contributed by atoms with Crippen LogP contribution in [0.5, 0.6) is 5.75 Å². The van der Waals surface area contributed by atoms with E-state index in [9.17, 15) is 5.11 Å². The summed E-state index contributed by atoms with van der Waals surface area (Å²) in [7, 11) is 0. The van der Waals surface area contributed by atoms with Gasteiger partial charge in [-0.1, -0.05) is 18.2 Å². The molecule has 1 N–H and O–H groups in total. The van der Waals surface area contributed by atoms with Crippen LogP contribution in [0.25, 0.3) is 0 Å². The molecule has 130 valence electrons. The van der Waals surface area contributed by atoms with Crippen molar-refractivity contribution in [3.8, 4) is 5.75 Å². The van der Waals surface area contributed by atoms with Crippen molar-refractivity contribution >= 4 is 0 Å². The highest BCUT2D eigenvalue weighted by atomic mass is 16.5. The minimum atomic E-state index is -0.514. The van der Waals surface area contributed by atoms with Crippen LogP contribution in [-0.4, -0.2) is 35.8 Å². The predicted octanol–water partition coefficient (Wildman–Crippen LogP) is 3.55. The zero-order chi connectivity index (χ0) is 16.9. The van der Waals surface area contributed by atoms with Gasteiger partial charge in [0.1, 0.15) is 30.0 Å². The highest BCUT2D eigenvalue weighted by Gasteiger charge is 2.26. The summed E-state index contributed by atoms with van der Waals surface area (Å²) in [6, 6.07) is 11.9. The number of aliphatic hydroxyl groups excluding tert-OH is 1. The van der Waals surface area contributed by atoms with E-state index in [1.807, 2.05) is 50.2 Å². The Labute approximate surface area is 144 Å². The molecule has 0 spiro atoms. The number of furan rings is 1. The van der Waals surface area contributed by atoms with E-state index in [0.29, 0.717) is 13.2 Å². The van der Waals surface area contributed by atoms with Crippen LogP contribution in [0.1, 0.15) is 29.9 Å². The van der Waals surface area contributed by atoms with Crippen LogP contribution in [0.3, 0.4) is 0 Å². The minimum Gasteiger partial charge on any atom is -0.491 e. The fourth-order valence-electron chi connectivity index (χ4n) is 2.91. The Hall–Kier alpha value is -1.78. The normalized spacial score (nSPS) is 15.7. The molecule has 1 aromatic heterocycles. The van der Waals surface area contributed by atoms with E-state index < -0.39 is 6.10 Å². The third kappa shape index (κ3) is 5.11. The molecule has 1 heterocycles. The topological polar surface area (TPSA) is 45.8 Å². The van der Waals surface area contributed by atoms with Gasteiger partial charge in [0.15, 0.2) is 0 Å². The first-order valence-corrected chi connectivity index (χ1v) is 8.74. The molecule has 1 aromatic carbocycles. The van der Waals surface area contributed by atoms with Crippen molar-refractivity contribution in [3.63, 3.8) is 0 Å². The van der Waals surface area contributed by atoms with Gasteiger partial charge in [0.05, 0.1) is 6.54 Å². The van der Waals surface area contributed by atoms with Gasteiger partial charge in [-0.15, -0.1) is 0 Å². The van der Waals surface area contributed by atoms with Crippen molar-refractivity contribution in [3.05, 3.63) is 53.5 Å². The van der Waals surface area contributed by atoms with E-state index in [1.54, 1.807) is 0 Å². The molecule has 0 saturated heterocycles. The van der Waals surface area contributed by atoms with Crippen LogP contribution < -0.4 is 4.74 Å². The van der Waals surface area contributed by atoms with Gasteiger partial charge in [-0.3, -0.25) is 4.90 Å². The van der Waals surface area contributed by atoms with Gasteiger partial charge in [-0.2, -0.15) is 0 Å². The lowest BCUT2D eigenvalue weighted by atomic mass is 10.2. The molecule has 2 aromatic rings. The highest BCUT2D eigenvalue weighted by molar-refractivity contribution is 5.31.